The number of ether oxygens (including phenoxy) is 1. The van der Waals surface area contributed by atoms with E-state index in [0.717, 1.165) is 11.1 Å². The second-order valence-corrected chi connectivity index (χ2v) is 7.24. The molecule has 0 bridgehead atoms. The van der Waals surface area contributed by atoms with Gasteiger partial charge >= 0.3 is 12.1 Å². The lowest BCUT2D eigenvalue weighted by Crippen LogP contribution is -2.51. The van der Waals surface area contributed by atoms with Crippen LogP contribution in [-0.4, -0.2) is 47.8 Å². The van der Waals surface area contributed by atoms with Gasteiger partial charge in [-0.15, -0.1) is 12.4 Å². The molecule has 0 saturated carbocycles. The maximum absolute atomic E-state index is 12.5. The van der Waals surface area contributed by atoms with Gasteiger partial charge in [0.25, 0.3) is 0 Å². The predicted octanol–water partition coefficient (Wildman–Crippen LogP) is 3.09. The van der Waals surface area contributed by atoms with Gasteiger partial charge in [-0.2, -0.15) is 0 Å². The summed E-state index contributed by atoms with van der Waals surface area (Å²) in [6, 6.07) is 15.9. The van der Waals surface area contributed by atoms with Gasteiger partial charge in [0.1, 0.15) is 6.61 Å². The molecule has 0 radical (unpaired) electrons. The molecule has 7 heteroatoms. The van der Waals surface area contributed by atoms with E-state index in [1.54, 1.807) is 0 Å². The van der Waals surface area contributed by atoms with E-state index in [-0.39, 0.29) is 37.5 Å². The van der Waals surface area contributed by atoms with E-state index in [1.165, 1.54) is 16.0 Å². The van der Waals surface area contributed by atoms with E-state index in [2.05, 4.69) is 24.3 Å². The number of halogens is 1. The summed E-state index contributed by atoms with van der Waals surface area (Å²) in [7, 11) is 0. The first-order valence-electron chi connectivity index (χ1n) is 9.13. The zero-order chi connectivity index (χ0) is 19.0. The fourth-order valence-electron chi connectivity index (χ4n) is 4.15. The van der Waals surface area contributed by atoms with Gasteiger partial charge in [-0.1, -0.05) is 48.5 Å². The van der Waals surface area contributed by atoms with E-state index in [1.807, 2.05) is 24.3 Å². The Bertz CT molecular complexity index is 843. The Morgan fingerprint density at radius 2 is 1.61 bits per heavy atom. The quantitative estimate of drug-likeness (QED) is 0.822. The third kappa shape index (κ3) is 3.70. The largest absolute Gasteiger partial charge is 0.481 e. The van der Waals surface area contributed by atoms with Crippen LogP contribution >= 0.6 is 12.4 Å². The highest BCUT2D eigenvalue weighted by molar-refractivity contribution is 5.85. The SMILES string of the molecule is Cl.N[C@@H]1C[C@H](C(=O)O)CN(C(=O)OCC2c3ccccc3-c3ccccc32)C1. The minimum absolute atomic E-state index is 0. The second-order valence-electron chi connectivity index (χ2n) is 7.24. The van der Waals surface area contributed by atoms with E-state index < -0.39 is 18.0 Å². The molecule has 2 aromatic rings. The summed E-state index contributed by atoms with van der Waals surface area (Å²) < 4.78 is 5.59. The number of likely N-dealkylation sites (tertiary alicyclic amines) is 1. The van der Waals surface area contributed by atoms with Crippen molar-refractivity contribution in [3.8, 4) is 11.1 Å². The maximum Gasteiger partial charge on any atom is 0.409 e. The summed E-state index contributed by atoms with van der Waals surface area (Å²) in [5, 5.41) is 9.24. The van der Waals surface area contributed by atoms with Crippen LogP contribution in [0.15, 0.2) is 48.5 Å². The van der Waals surface area contributed by atoms with Crippen molar-refractivity contribution in [3.63, 3.8) is 0 Å². The number of amides is 1. The first kappa shape index (κ1) is 20.2. The Morgan fingerprint density at radius 3 is 2.18 bits per heavy atom. The minimum atomic E-state index is -0.929. The molecule has 2 atom stereocenters. The van der Waals surface area contributed by atoms with Crippen molar-refractivity contribution in [1.82, 2.24) is 4.90 Å². The van der Waals surface area contributed by atoms with Crippen molar-refractivity contribution in [3.05, 3.63) is 59.7 Å². The number of hydrogen-bond acceptors (Lipinski definition) is 4. The van der Waals surface area contributed by atoms with Crippen molar-refractivity contribution >= 4 is 24.5 Å². The summed E-state index contributed by atoms with van der Waals surface area (Å²) in [5.41, 5.74) is 10.5. The number of carbonyl (C=O) groups excluding carboxylic acids is 1. The van der Waals surface area contributed by atoms with Gasteiger partial charge in [0, 0.05) is 25.0 Å². The van der Waals surface area contributed by atoms with Crippen LogP contribution in [-0.2, 0) is 9.53 Å². The Kier molecular flexibility index (Phi) is 5.91. The Hall–Kier alpha value is -2.57. The number of nitrogens with two attached hydrogens (primary N) is 1. The second kappa shape index (κ2) is 8.20. The first-order chi connectivity index (χ1) is 13.0. The molecule has 1 fully saturated rings. The van der Waals surface area contributed by atoms with Crippen molar-refractivity contribution in [2.45, 2.75) is 18.4 Å². The van der Waals surface area contributed by atoms with Crippen LogP contribution in [0.1, 0.15) is 23.5 Å². The summed E-state index contributed by atoms with van der Waals surface area (Å²) in [5.74, 6) is -1.59. The molecule has 1 heterocycles. The van der Waals surface area contributed by atoms with Crippen molar-refractivity contribution in [2.24, 2.45) is 11.7 Å². The number of aliphatic carboxylic acids is 1. The van der Waals surface area contributed by atoms with Gasteiger partial charge in [-0.25, -0.2) is 4.79 Å². The third-order valence-corrected chi connectivity index (χ3v) is 5.43. The van der Waals surface area contributed by atoms with Gasteiger partial charge in [0.2, 0.25) is 0 Å². The molecule has 28 heavy (non-hydrogen) atoms. The standard InChI is InChI=1S/C21H22N2O4.ClH/c22-14-9-13(20(24)25)10-23(11-14)21(26)27-12-19-17-7-3-1-5-15(17)16-6-2-4-8-18(16)19;/h1-8,13-14,19H,9-12,22H2,(H,24,25);1H/t13-,14+;/m0./s1. The Labute approximate surface area is 169 Å². The first-order valence-corrected chi connectivity index (χ1v) is 9.13. The number of piperidine rings is 1. The van der Waals surface area contributed by atoms with Crippen molar-refractivity contribution < 1.29 is 19.4 Å². The van der Waals surface area contributed by atoms with E-state index in [4.69, 9.17) is 10.5 Å². The summed E-state index contributed by atoms with van der Waals surface area (Å²) in [6.07, 6.45) is -0.124. The van der Waals surface area contributed by atoms with Gasteiger partial charge in [-0.05, 0) is 28.7 Å². The molecule has 1 aliphatic heterocycles. The Balaban J connectivity index is 0.00000225. The molecular weight excluding hydrogens is 380 g/mol. The molecule has 1 amide bonds. The van der Waals surface area contributed by atoms with Crippen LogP contribution in [0.25, 0.3) is 11.1 Å². The number of carboxylic acid groups (broad SMARTS) is 1. The lowest BCUT2D eigenvalue weighted by atomic mass is 9.95. The van der Waals surface area contributed by atoms with Crippen LogP contribution < -0.4 is 5.73 Å². The highest BCUT2D eigenvalue weighted by atomic mass is 35.5. The molecule has 2 aromatic carbocycles. The summed E-state index contributed by atoms with van der Waals surface area (Å²) in [6.45, 7) is 0.677. The number of rotatable bonds is 3. The maximum atomic E-state index is 12.5. The topological polar surface area (TPSA) is 92.9 Å². The molecule has 1 saturated heterocycles. The number of nitrogens with zero attached hydrogens (tertiary/aromatic N) is 1. The smallest absolute Gasteiger partial charge is 0.409 e. The number of hydrogen-bond donors (Lipinski definition) is 2. The van der Waals surface area contributed by atoms with Gasteiger partial charge in [-0.3, -0.25) is 4.79 Å². The monoisotopic (exact) mass is 402 g/mol. The molecule has 0 spiro atoms. The van der Waals surface area contributed by atoms with E-state index in [0.29, 0.717) is 13.0 Å². The van der Waals surface area contributed by atoms with Crippen LogP contribution in [0, 0.1) is 5.92 Å². The molecule has 0 unspecified atom stereocenters. The van der Waals surface area contributed by atoms with Gasteiger partial charge in [0.05, 0.1) is 5.92 Å². The zero-order valence-corrected chi connectivity index (χ0v) is 16.1. The average molecular weight is 403 g/mol. The lowest BCUT2D eigenvalue weighted by Gasteiger charge is -2.33. The third-order valence-electron chi connectivity index (χ3n) is 5.43. The fourth-order valence-corrected chi connectivity index (χ4v) is 4.15. The molecule has 4 rings (SSSR count). The summed E-state index contributed by atoms with van der Waals surface area (Å²) >= 11 is 0. The number of fused-ring (bicyclic) bond motifs is 3. The highest BCUT2D eigenvalue weighted by Gasteiger charge is 2.34. The molecular formula is C21H23ClN2O4. The lowest BCUT2D eigenvalue weighted by molar-refractivity contribution is -0.143. The van der Waals surface area contributed by atoms with Crippen molar-refractivity contribution in [2.75, 3.05) is 19.7 Å². The predicted molar refractivity (Wildman–Crippen MR) is 108 cm³/mol. The normalized spacial score (nSPS) is 20.7. The minimum Gasteiger partial charge on any atom is -0.481 e. The van der Waals surface area contributed by atoms with Crippen LogP contribution in [0.3, 0.4) is 0 Å². The van der Waals surface area contributed by atoms with Crippen LogP contribution in [0.5, 0.6) is 0 Å². The summed E-state index contributed by atoms with van der Waals surface area (Å²) in [4.78, 5) is 25.2. The van der Waals surface area contributed by atoms with Crippen molar-refractivity contribution in [1.29, 1.82) is 0 Å². The molecule has 3 N–H and O–H groups in total. The zero-order valence-electron chi connectivity index (χ0n) is 15.3. The van der Waals surface area contributed by atoms with Crippen LogP contribution in [0.4, 0.5) is 4.79 Å². The average Bonchev–Trinajstić information content (AvgIpc) is 2.99. The molecule has 2 aliphatic rings. The molecule has 6 nitrogen and oxygen atoms in total. The Morgan fingerprint density at radius 1 is 1.04 bits per heavy atom. The van der Waals surface area contributed by atoms with Gasteiger partial charge in [0.15, 0.2) is 0 Å². The number of carbonyl (C=O) groups is 2. The number of benzene rings is 2. The fraction of sp³-hybridized carbons (Fsp3) is 0.333. The van der Waals surface area contributed by atoms with Gasteiger partial charge < -0.3 is 20.5 Å². The molecule has 1 aliphatic carbocycles. The van der Waals surface area contributed by atoms with Crippen LogP contribution in [0.2, 0.25) is 0 Å². The van der Waals surface area contributed by atoms with E-state index >= 15 is 0 Å². The number of carboxylic acids is 1. The van der Waals surface area contributed by atoms with E-state index in [9.17, 15) is 14.7 Å². The highest BCUT2D eigenvalue weighted by Crippen LogP contribution is 2.44. The molecule has 0 aromatic heterocycles. The molecule has 148 valence electrons.